The number of rotatable bonds is 15. The summed E-state index contributed by atoms with van der Waals surface area (Å²) in [4.78, 5) is 23.5. The highest BCUT2D eigenvalue weighted by molar-refractivity contribution is 5.89. The number of ether oxygens (including phenoxy) is 5. The summed E-state index contributed by atoms with van der Waals surface area (Å²) in [6.45, 7) is 15.4. The Balaban J connectivity index is 1.94. The van der Waals surface area contributed by atoms with E-state index in [1.807, 2.05) is 86.7 Å². The van der Waals surface area contributed by atoms with Crippen molar-refractivity contribution in [3.05, 3.63) is 109 Å². The van der Waals surface area contributed by atoms with Crippen LogP contribution in [-0.2, 0) is 14.3 Å². The SMILES string of the molecule is C=C(C)C(=O)OCCOc1ccc(-c2cc(OC/C=C/C)c(-c3ccc(OC(=O)C(=C)C)cc3)cc2OC/C=C/C)cc1. The molecule has 224 valence electrons. The number of hydrogen-bond donors (Lipinski definition) is 0. The lowest BCUT2D eigenvalue weighted by Crippen LogP contribution is -2.12. The van der Waals surface area contributed by atoms with Crippen LogP contribution >= 0.6 is 0 Å². The van der Waals surface area contributed by atoms with Gasteiger partial charge in [-0.05, 0) is 75.2 Å². The summed E-state index contributed by atoms with van der Waals surface area (Å²) in [5.41, 5.74) is 4.11. The molecule has 0 spiro atoms. The zero-order chi connectivity index (χ0) is 31.2. The molecule has 0 fully saturated rings. The summed E-state index contributed by atoms with van der Waals surface area (Å²) in [5, 5.41) is 0. The number of esters is 2. The fraction of sp³-hybridized carbons (Fsp3) is 0.222. The highest BCUT2D eigenvalue weighted by Crippen LogP contribution is 2.42. The number of benzene rings is 3. The molecule has 0 N–H and O–H groups in total. The first kappa shape index (κ1) is 32.5. The molecule has 0 aliphatic rings. The maximum absolute atomic E-state index is 11.9. The predicted molar refractivity (Wildman–Crippen MR) is 170 cm³/mol. The van der Waals surface area contributed by atoms with Crippen LogP contribution < -0.4 is 18.9 Å². The van der Waals surface area contributed by atoms with E-state index in [9.17, 15) is 9.59 Å². The van der Waals surface area contributed by atoms with Crippen LogP contribution in [0.1, 0.15) is 27.7 Å². The van der Waals surface area contributed by atoms with Gasteiger partial charge < -0.3 is 23.7 Å². The van der Waals surface area contributed by atoms with Gasteiger partial charge in [-0.1, -0.05) is 61.7 Å². The molecule has 0 saturated carbocycles. The first-order valence-corrected chi connectivity index (χ1v) is 13.9. The van der Waals surface area contributed by atoms with E-state index in [2.05, 4.69) is 13.2 Å². The molecule has 7 heteroatoms. The van der Waals surface area contributed by atoms with Crippen molar-refractivity contribution in [2.45, 2.75) is 27.7 Å². The van der Waals surface area contributed by atoms with Crippen LogP contribution in [0.2, 0.25) is 0 Å². The van der Waals surface area contributed by atoms with E-state index in [0.29, 0.717) is 47.4 Å². The van der Waals surface area contributed by atoms with Crippen LogP contribution in [0.3, 0.4) is 0 Å². The highest BCUT2D eigenvalue weighted by atomic mass is 16.6. The van der Waals surface area contributed by atoms with Crippen LogP contribution in [0.15, 0.2) is 109 Å². The van der Waals surface area contributed by atoms with E-state index >= 15 is 0 Å². The molecule has 0 bridgehead atoms. The van der Waals surface area contributed by atoms with Gasteiger partial charge in [-0.15, -0.1) is 0 Å². The Hall–Kier alpha value is -5.04. The van der Waals surface area contributed by atoms with E-state index in [-0.39, 0.29) is 13.2 Å². The van der Waals surface area contributed by atoms with Crippen LogP contribution in [0.25, 0.3) is 22.3 Å². The lowest BCUT2D eigenvalue weighted by molar-refractivity contribution is -0.139. The smallest absolute Gasteiger partial charge is 0.338 e. The van der Waals surface area contributed by atoms with Crippen LogP contribution in [-0.4, -0.2) is 38.4 Å². The third kappa shape index (κ3) is 9.78. The molecule has 0 unspecified atom stereocenters. The van der Waals surface area contributed by atoms with Gasteiger partial charge in [0.05, 0.1) is 0 Å². The number of hydrogen-bond acceptors (Lipinski definition) is 7. The molecule has 0 heterocycles. The van der Waals surface area contributed by atoms with Gasteiger partial charge in [0.25, 0.3) is 0 Å². The Morgan fingerprint density at radius 1 is 0.651 bits per heavy atom. The second-order valence-electron chi connectivity index (χ2n) is 9.59. The van der Waals surface area contributed by atoms with E-state index < -0.39 is 11.9 Å². The lowest BCUT2D eigenvalue weighted by Gasteiger charge is -2.18. The summed E-state index contributed by atoms with van der Waals surface area (Å²) in [6, 6.07) is 18.7. The molecule has 3 rings (SSSR count). The molecule has 7 nitrogen and oxygen atoms in total. The predicted octanol–water partition coefficient (Wildman–Crippen LogP) is 7.91. The van der Waals surface area contributed by atoms with E-state index in [1.165, 1.54) is 0 Å². The Kier molecular flexibility index (Phi) is 12.4. The van der Waals surface area contributed by atoms with Gasteiger partial charge in [0.1, 0.15) is 49.4 Å². The molecule has 3 aromatic rings. The van der Waals surface area contributed by atoms with E-state index in [1.54, 1.807) is 26.0 Å². The molecule has 0 aliphatic carbocycles. The standard InChI is InChI=1S/C36H38O7/c1-7-9-19-40-33-24-32(28-13-17-30(18-14-28)43-36(38)26(5)6)34(41-20-10-8-2)23-31(33)27-11-15-29(16-12-27)39-21-22-42-35(37)25(3)4/h7-18,23-24H,3,5,19-22H2,1-2,4,6H3/b9-7+,10-8+. The number of carbonyl (C=O) groups is 2. The fourth-order valence-electron chi connectivity index (χ4n) is 3.76. The number of carbonyl (C=O) groups excluding carboxylic acids is 2. The second-order valence-corrected chi connectivity index (χ2v) is 9.59. The molecule has 0 aromatic heterocycles. The molecule has 43 heavy (non-hydrogen) atoms. The maximum Gasteiger partial charge on any atom is 0.338 e. The normalized spacial score (nSPS) is 10.9. The van der Waals surface area contributed by atoms with Crippen molar-refractivity contribution in [2.75, 3.05) is 26.4 Å². The van der Waals surface area contributed by atoms with Gasteiger partial charge in [0, 0.05) is 22.3 Å². The monoisotopic (exact) mass is 582 g/mol. The van der Waals surface area contributed by atoms with Crippen molar-refractivity contribution in [1.82, 2.24) is 0 Å². The molecule has 0 amide bonds. The van der Waals surface area contributed by atoms with Crippen molar-refractivity contribution >= 4 is 11.9 Å². The van der Waals surface area contributed by atoms with Gasteiger partial charge in [-0.2, -0.15) is 0 Å². The first-order valence-electron chi connectivity index (χ1n) is 13.9. The Labute approximate surface area is 253 Å². The molecular formula is C36H38O7. The summed E-state index contributed by atoms with van der Waals surface area (Å²) in [5.74, 6) is 1.48. The van der Waals surface area contributed by atoms with Crippen LogP contribution in [0.5, 0.6) is 23.0 Å². The minimum absolute atomic E-state index is 0.127. The quantitative estimate of drug-likeness (QED) is 0.0592. The Morgan fingerprint density at radius 2 is 1.12 bits per heavy atom. The third-order valence-corrected chi connectivity index (χ3v) is 6.05. The van der Waals surface area contributed by atoms with Crippen molar-refractivity contribution in [1.29, 1.82) is 0 Å². The molecule has 3 aromatic carbocycles. The van der Waals surface area contributed by atoms with Gasteiger partial charge in [0.2, 0.25) is 0 Å². The minimum Gasteiger partial charge on any atom is -0.490 e. The van der Waals surface area contributed by atoms with Crippen molar-refractivity contribution in [2.24, 2.45) is 0 Å². The average Bonchev–Trinajstić information content (AvgIpc) is 3.00. The summed E-state index contributed by atoms with van der Waals surface area (Å²) < 4.78 is 28.6. The third-order valence-electron chi connectivity index (χ3n) is 6.05. The molecular weight excluding hydrogens is 544 g/mol. The lowest BCUT2D eigenvalue weighted by atomic mass is 9.97. The van der Waals surface area contributed by atoms with Gasteiger partial charge in [-0.25, -0.2) is 9.59 Å². The molecule has 0 saturated heterocycles. The summed E-state index contributed by atoms with van der Waals surface area (Å²) in [6.07, 6.45) is 7.72. The Bertz CT molecular complexity index is 1480. The minimum atomic E-state index is -0.477. The average molecular weight is 583 g/mol. The zero-order valence-electron chi connectivity index (χ0n) is 25.2. The van der Waals surface area contributed by atoms with Gasteiger partial charge >= 0.3 is 11.9 Å². The van der Waals surface area contributed by atoms with Crippen molar-refractivity contribution in [3.63, 3.8) is 0 Å². The fourth-order valence-corrected chi connectivity index (χ4v) is 3.76. The first-order chi connectivity index (χ1) is 20.7. The van der Waals surface area contributed by atoms with E-state index in [4.69, 9.17) is 23.7 Å². The molecule has 0 atom stereocenters. The summed E-state index contributed by atoms with van der Waals surface area (Å²) >= 11 is 0. The van der Waals surface area contributed by atoms with Crippen LogP contribution in [0.4, 0.5) is 0 Å². The van der Waals surface area contributed by atoms with Crippen LogP contribution in [0, 0.1) is 0 Å². The summed E-state index contributed by atoms with van der Waals surface area (Å²) in [7, 11) is 0. The maximum atomic E-state index is 11.9. The van der Waals surface area contributed by atoms with Gasteiger partial charge in [-0.3, -0.25) is 0 Å². The molecule has 0 aliphatic heterocycles. The van der Waals surface area contributed by atoms with Crippen molar-refractivity contribution in [3.8, 4) is 45.3 Å². The Morgan fingerprint density at radius 3 is 1.56 bits per heavy atom. The van der Waals surface area contributed by atoms with Gasteiger partial charge in [0.15, 0.2) is 0 Å². The van der Waals surface area contributed by atoms with Crippen molar-refractivity contribution < 1.29 is 33.3 Å². The zero-order valence-corrected chi connectivity index (χ0v) is 25.2. The highest BCUT2D eigenvalue weighted by Gasteiger charge is 2.16. The largest absolute Gasteiger partial charge is 0.490 e. The second kappa shape index (κ2) is 16.4. The van der Waals surface area contributed by atoms with E-state index in [0.717, 1.165) is 22.3 Å². The topological polar surface area (TPSA) is 80.3 Å². The number of allylic oxidation sites excluding steroid dienone is 2. The molecule has 0 radical (unpaired) electrons.